The molecule has 0 aliphatic carbocycles. The van der Waals surface area contributed by atoms with Gasteiger partial charge in [0.1, 0.15) is 10.9 Å². The predicted octanol–water partition coefficient (Wildman–Crippen LogP) is 5.48. The number of carbonyl (C=O) groups is 1. The standard InChI is InChI=1S/C24H24Cl2N2O3S2/c1-16(18-8-11-20(32-2)12-9-18)27-24(29)22(14-17-6-4-3-5-7-17)28-33(30,31)23-15-19(25)10-13-21(23)26/h3-13,15-16,22,28H,14H2,1-2H3,(H,27,29)/t16-,22-/m0/s1. The van der Waals surface area contributed by atoms with Crippen LogP contribution in [0, 0.1) is 0 Å². The van der Waals surface area contributed by atoms with Crippen molar-refractivity contribution in [3.05, 3.63) is 94.0 Å². The third-order valence-corrected chi connectivity index (χ3v) is 7.99. The molecular formula is C24H24Cl2N2O3S2. The number of nitrogens with one attached hydrogen (secondary N) is 2. The van der Waals surface area contributed by atoms with Crippen LogP contribution in [0.2, 0.25) is 10.0 Å². The Morgan fingerprint density at radius 1 is 1.00 bits per heavy atom. The fourth-order valence-corrected chi connectivity index (χ4v) is 5.63. The summed E-state index contributed by atoms with van der Waals surface area (Å²) >= 11 is 13.7. The van der Waals surface area contributed by atoms with Crippen LogP contribution in [0.1, 0.15) is 24.1 Å². The first kappa shape index (κ1) is 25.6. The van der Waals surface area contributed by atoms with Crippen molar-refractivity contribution in [2.45, 2.75) is 35.2 Å². The van der Waals surface area contributed by atoms with Crippen LogP contribution >= 0.6 is 35.0 Å². The van der Waals surface area contributed by atoms with E-state index >= 15 is 0 Å². The SMILES string of the molecule is CSc1ccc([C@H](C)NC(=O)[C@H](Cc2ccccc2)NS(=O)(=O)c2cc(Cl)ccc2Cl)cc1. The summed E-state index contributed by atoms with van der Waals surface area (Å²) in [5.41, 5.74) is 1.73. The zero-order valence-electron chi connectivity index (χ0n) is 18.1. The number of amides is 1. The number of hydrogen-bond acceptors (Lipinski definition) is 4. The Labute approximate surface area is 208 Å². The molecule has 0 saturated heterocycles. The van der Waals surface area contributed by atoms with Crippen LogP contribution in [0.4, 0.5) is 0 Å². The van der Waals surface area contributed by atoms with Crippen molar-refractivity contribution in [2.24, 2.45) is 0 Å². The minimum absolute atomic E-state index is 0.0213. The van der Waals surface area contributed by atoms with Crippen molar-refractivity contribution < 1.29 is 13.2 Å². The van der Waals surface area contributed by atoms with E-state index in [1.807, 2.05) is 67.8 Å². The van der Waals surface area contributed by atoms with Crippen molar-refractivity contribution in [1.82, 2.24) is 10.0 Å². The molecule has 0 heterocycles. The first-order valence-electron chi connectivity index (χ1n) is 10.1. The monoisotopic (exact) mass is 522 g/mol. The Morgan fingerprint density at radius 2 is 1.67 bits per heavy atom. The molecule has 1 amide bonds. The van der Waals surface area contributed by atoms with E-state index in [1.54, 1.807) is 11.8 Å². The molecule has 2 atom stereocenters. The maximum absolute atomic E-state index is 13.2. The summed E-state index contributed by atoms with van der Waals surface area (Å²) < 4.78 is 28.7. The molecule has 33 heavy (non-hydrogen) atoms. The van der Waals surface area contributed by atoms with E-state index < -0.39 is 22.0 Å². The van der Waals surface area contributed by atoms with Crippen molar-refractivity contribution >= 4 is 50.9 Å². The maximum Gasteiger partial charge on any atom is 0.242 e. The minimum atomic E-state index is -4.12. The lowest BCUT2D eigenvalue weighted by molar-refractivity contribution is -0.123. The Hall–Kier alpha value is -2.03. The molecule has 0 spiro atoms. The Morgan fingerprint density at radius 3 is 2.30 bits per heavy atom. The first-order valence-corrected chi connectivity index (χ1v) is 13.6. The minimum Gasteiger partial charge on any atom is -0.348 e. The average Bonchev–Trinajstić information content (AvgIpc) is 2.80. The van der Waals surface area contributed by atoms with E-state index in [2.05, 4.69) is 10.0 Å². The van der Waals surface area contributed by atoms with Crippen LogP contribution < -0.4 is 10.0 Å². The second-order valence-corrected chi connectivity index (χ2v) is 10.8. The zero-order valence-corrected chi connectivity index (χ0v) is 21.2. The number of halogens is 2. The van der Waals surface area contributed by atoms with Gasteiger partial charge in [0, 0.05) is 9.92 Å². The van der Waals surface area contributed by atoms with E-state index in [4.69, 9.17) is 23.2 Å². The molecular weight excluding hydrogens is 499 g/mol. The van der Waals surface area contributed by atoms with Crippen LogP contribution in [0.3, 0.4) is 0 Å². The summed E-state index contributed by atoms with van der Waals surface area (Å²) in [5, 5.41) is 3.17. The van der Waals surface area contributed by atoms with E-state index in [9.17, 15) is 13.2 Å². The molecule has 3 rings (SSSR count). The summed E-state index contributed by atoms with van der Waals surface area (Å²) in [7, 11) is -4.12. The van der Waals surface area contributed by atoms with Gasteiger partial charge in [-0.15, -0.1) is 11.8 Å². The van der Waals surface area contributed by atoms with Gasteiger partial charge in [0.15, 0.2) is 0 Å². The normalized spacial score (nSPS) is 13.3. The summed E-state index contributed by atoms with van der Waals surface area (Å²) in [6.45, 7) is 1.86. The highest BCUT2D eigenvalue weighted by Crippen LogP contribution is 2.25. The molecule has 174 valence electrons. The van der Waals surface area contributed by atoms with E-state index in [-0.39, 0.29) is 27.4 Å². The van der Waals surface area contributed by atoms with Crippen LogP contribution in [0.15, 0.2) is 82.6 Å². The summed E-state index contributed by atoms with van der Waals surface area (Å²) in [5.74, 6) is -0.443. The van der Waals surface area contributed by atoms with Crippen LogP contribution in [-0.4, -0.2) is 26.6 Å². The molecule has 3 aromatic rings. The molecule has 0 aliphatic rings. The second-order valence-electron chi connectivity index (χ2n) is 7.44. The number of sulfonamides is 1. The molecule has 9 heteroatoms. The third kappa shape index (κ3) is 6.98. The quantitative estimate of drug-likeness (QED) is 0.364. The fraction of sp³-hybridized carbons (Fsp3) is 0.208. The van der Waals surface area contributed by atoms with Gasteiger partial charge in [0.05, 0.1) is 11.1 Å². The Bertz CT molecular complexity index is 1200. The molecule has 0 bridgehead atoms. The van der Waals surface area contributed by atoms with E-state index in [0.29, 0.717) is 0 Å². The largest absolute Gasteiger partial charge is 0.348 e. The average molecular weight is 524 g/mol. The molecule has 0 aromatic heterocycles. The molecule has 0 aliphatic heterocycles. The topological polar surface area (TPSA) is 75.3 Å². The van der Waals surface area contributed by atoms with Gasteiger partial charge in [-0.1, -0.05) is 65.7 Å². The maximum atomic E-state index is 13.2. The number of rotatable bonds is 9. The summed E-state index contributed by atoms with van der Waals surface area (Å²) in [6.07, 6.45) is 2.16. The summed E-state index contributed by atoms with van der Waals surface area (Å²) in [4.78, 5) is 14.2. The molecule has 3 aromatic carbocycles. The number of carbonyl (C=O) groups excluding carboxylic acids is 1. The van der Waals surface area contributed by atoms with Crippen molar-refractivity contribution in [3.8, 4) is 0 Å². The van der Waals surface area contributed by atoms with Gasteiger partial charge in [-0.2, -0.15) is 4.72 Å². The van der Waals surface area contributed by atoms with Crippen molar-refractivity contribution in [3.63, 3.8) is 0 Å². The highest BCUT2D eigenvalue weighted by molar-refractivity contribution is 7.98. The molecule has 2 N–H and O–H groups in total. The second kappa shape index (κ2) is 11.4. The van der Waals surface area contributed by atoms with Gasteiger partial charge in [-0.25, -0.2) is 8.42 Å². The van der Waals surface area contributed by atoms with Crippen molar-refractivity contribution in [1.29, 1.82) is 0 Å². The Kier molecular flexibility index (Phi) is 8.84. The molecule has 5 nitrogen and oxygen atoms in total. The lowest BCUT2D eigenvalue weighted by atomic mass is 10.0. The van der Waals surface area contributed by atoms with Crippen LogP contribution in [-0.2, 0) is 21.2 Å². The highest BCUT2D eigenvalue weighted by atomic mass is 35.5. The molecule has 0 unspecified atom stereocenters. The lowest BCUT2D eigenvalue weighted by Gasteiger charge is -2.22. The lowest BCUT2D eigenvalue weighted by Crippen LogP contribution is -2.48. The third-order valence-electron chi connectivity index (χ3n) is 5.05. The molecule has 0 fully saturated rings. The number of hydrogen-bond donors (Lipinski definition) is 2. The van der Waals surface area contributed by atoms with Gasteiger partial charge in [0.25, 0.3) is 0 Å². The van der Waals surface area contributed by atoms with Gasteiger partial charge >= 0.3 is 0 Å². The molecule has 0 radical (unpaired) electrons. The van der Waals surface area contributed by atoms with Crippen LogP contribution in [0.25, 0.3) is 0 Å². The first-order chi connectivity index (χ1) is 15.7. The Balaban J connectivity index is 1.85. The fourth-order valence-electron chi connectivity index (χ4n) is 3.26. The van der Waals surface area contributed by atoms with Crippen molar-refractivity contribution in [2.75, 3.05) is 6.26 Å². The van der Waals surface area contributed by atoms with E-state index in [0.717, 1.165) is 16.0 Å². The van der Waals surface area contributed by atoms with Crippen LogP contribution in [0.5, 0.6) is 0 Å². The van der Waals surface area contributed by atoms with E-state index in [1.165, 1.54) is 18.2 Å². The highest BCUT2D eigenvalue weighted by Gasteiger charge is 2.28. The smallest absolute Gasteiger partial charge is 0.242 e. The summed E-state index contributed by atoms with van der Waals surface area (Å²) in [6, 6.07) is 19.9. The molecule has 0 saturated carbocycles. The zero-order chi connectivity index (χ0) is 24.0. The van der Waals surface area contributed by atoms with Gasteiger partial charge in [0.2, 0.25) is 15.9 Å². The van der Waals surface area contributed by atoms with Gasteiger partial charge in [-0.3, -0.25) is 4.79 Å². The predicted molar refractivity (Wildman–Crippen MR) is 135 cm³/mol. The number of thioether (sulfide) groups is 1. The van der Waals surface area contributed by atoms with Gasteiger partial charge in [-0.05, 0) is 61.1 Å². The van der Waals surface area contributed by atoms with Gasteiger partial charge < -0.3 is 5.32 Å². The number of benzene rings is 3.